The second-order valence-electron chi connectivity index (χ2n) is 9.03. The number of methoxy groups -OCH3 is 2. The summed E-state index contributed by atoms with van der Waals surface area (Å²) in [5.41, 5.74) is 2.57. The molecular formula is C32H26N4O5. The van der Waals surface area contributed by atoms with Gasteiger partial charge in [0.15, 0.2) is 5.65 Å². The fourth-order valence-electron chi connectivity index (χ4n) is 4.46. The molecule has 5 rings (SSSR count). The maximum absolute atomic E-state index is 13.8. The average Bonchev–Trinajstić information content (AvgIpc) is 3.35. The van der Waals surface area contributed by atoms with E-state index < -0.39 is 17.7 Å². The van der Waals surface area contributed by atoms with Gasteiger partial charge in [0.1, 0.15) is 5.75 Å². The first kappa shape index (κ1) is 27.0. The summed E-state index contributed by atoms with van der Waals surface area (Å²) in [5, 5.41) is 7.54. The third kappa shape index (κ3) is 5.46. The van der Waals surface area contributed by atoms with Crippen molar-refractivity contribution in [2.24, 2.45) is 0 Å². The van der Waals surface area contributed by atoms with Crippen LogP contribution < -0.4 is 10.1 Å². The van der Waals surface area contributed by atoms with E-state index in [9.17, 15) is 14.4 Å². The lowest BCUT2D eigenvalue weighted by Crippen LogP contribution is -2.26. The van der Waals surface area contributed by atoms with Gasteiger partial charge in [-0.05, 0) is 55.0 Å². The number of ether oxygens (including phenoxy) is 2. The van der Waals surface area contributed by atoms with Gasteiger partial charge in [-0.1, -0.05) is 54.6 Å². The van der Waals surface area contributed by atoms with Crippen LogP contribution >= 0.6 is 0 Å². The number of carbonyl (C=O) groups is 3. The van der Waals surface area contributed by atoms with Gasteiger partial charge in [-0.25, -0.2) is 14.5 Å². The predicted molar refractivity (Wildman–Crippen MR) is 156 cm³/mol. The van der Waals surface area contributed by atoms with E-state index in [1.54, 1.807) is 48.0 Å². The van der Waals surface area contributed by atoms with Crippen molar-refractivity contribution in [3.63, 3.8) is 0 Å². The van der Waals surface area contributed by atoms with Gasteiger partial charge in [0.05, 0.1) is 47.8 Å². The zero-order chi connectivity index (χ0) is 28.9. The predicted octanol–water partition coefficient (Wildman–Crippen LogP) is 5.52. The summed E-state index contributed by atoms with van der Waals surface area (Å²) < 4.78 is 11.9. The molecule has 0 atom stereocenters. The Kier molecular flexibility index (Phi) is 7.69. The number of amides is 1. The molecule has 0 saturated carbocycles. The molecule has 3 aromatic carbocycles. The molecule has 41 heavy (non-hydrogen) atoms. The van der Waals surface area contributed by atoms with Gasteiger partial charge in [-0.15, -0.1) is 0 Å². The number of pyridine rings is 1. The first-order valence-corrected chi connectivity index (χ1v) is 12.7. The molecule has 9 nitrogen and oxygen atoms in total. The van der Waals surface area contributed by atoms with Gasteiger partial charge < -0.3 is 14.8 Å². The van der Waals surface area contributed by atoms with E-state index in [2.05, 4.69) is 10.4 Å². The normalized spacial score (nSPS) is 11.0. The molecule has 0 bridgehead atoms. The van der Waals surface area contributed by atoms with E-state index in [1.165, 1.54) is 14.2 Å². The van der Waals surface area contributed by atoms with Crippen molar-refractivity contribution in [3.05, 3.63) is 113 Å². The second kappa shape index (κ2) is 11.7. The SMILES string of the molecule is COC(=O)c1c(C(=O)C(=O)Nc2ccc(OC)cc2)c(/C=C\c2ccccc2)nc2c1c(C)nn2-c1ccccc1. The first-order valence-electron chi connectivity index (χ1n) is 12.7. The largest absolute Gasteiger partial charge is 0.497 e. The molecule has 9 heteroatoms. The van der Waals surface area contributed by atoms with Crippen molar-refractivity contribution in [2.75, 3.05) is 19.5 Å². The zero-order valence-electron chi connectivity index (χ0n) is 22.6. The number of hydrogen-bond acceptors (Lipinski definition) is 7. The zero-order valence-corrected chi connectivity index (χ0v) is 22.6. The molecule has 5 aromatic rings. The van der Waals surface area contributed by atoms with Gasteiger partial charge in [-0.2, -0.15) is 5.10 Å². The molecule has 1 N–H and O–H groups in total. The fourth-order valence-corrected chi connectivity index (χ4v) is 4.46. The Balaban J connectivity index is 1.72. The Hall–Kier alpha value is -5.57. The number of nitrogens with zero attached hydrogens (tertiary/aromatic N) is 3. The minimum absolute atomic E-state index is 0.0835. The van der Waals surface area contributed by atoms with Gasteiger partial charge in [0, 0.05) is 5.69 Å². The van der Waals surface area contributed by atoms with Crippen molar-refractivity contribution >= 4 is 46.5 Å². The number of fused-ring (bicyclic) bond motifs is 1. The van der Waals surface area contributed by atoms with Crippen LogP contribution in [0.1, 0.15) is 37.7 Å². The van der Waals surface area contributed by atoms with Crippen LogP contribution in [0.2, 0.25) is 0 Å². The van der Waals surface area contributed by atoms with Gasteiger partial charge in [0.25, 0.3) is 11.7 Å². The highest BCUT2D eigenvalue weighted by molar-refractivity contribution is 6.48. The first-order chi connectivity index (χ1) is 19.9. The van der Waals surface area contributed by atoms with Crippen LogP contribution in [-0.2, 0) is 9.53 Å². The maximum atomic E-state index is 13.8. The summed E-state index contributed by atoms with van der Waals surface area (Å²) in [6, 6.07) is 25.2. The minimum Gasteiger partial charge on any atom is -0.497 e. The highest BCUT2D eigenvalue weighted by Crippen LogP contribution is 2.31. The summed E-state index contributed by atoms with van der Waals surface area (Å²) in [6.45, 7) is 1.71. The molecule has 204 valence electrons. The lowest BCUT2D eigenvalue weighted by Gasteiger charge is -2.13. The van der Waals surface area contributed by atoms with E-state index in [1.807, 2.05) is 60.7 Å². The van der Waals surface area contributed by atoms with Crippen LogP contribution in [0.5, 0.6) is 5.75 Å². The quantitative estimate of drug-likeness (QED) is 0.155. The van der Waals surface area contributed by atoms with Crippen LogP contribution in [0, 0.1) is 6.92 Å². The third-order valence-electron chi connectivity index (χ3n) is 6.42. The number of esters is 1. The van der Waals surface area contributed by atoms with E-state index in [0.717, 1.165) is 5.56 Å². The van der Waals surface area contributed by atoms with Crippen molar-refractivity contribution in [3.8, 4) is 11.4 Å². The molecule has 0 unspecified atom stereocenters. The number of benzene rings is 3. The van der Waals surface area contributed by atoms with Crippen molar-refractivity contribution in [1.29, 1.82) is 0 Å². The van der Waals surface area contributed by atoms with E-state index in [0.29, 0.717) is 33.9 Å². The molecule has 0 fully saturated rings. The summed E-state index contributed by atoms with van der Waals surface area (Å²) in [4.78, 5) is 45.2. The Bertz CT molecular complexity index is 1780. The molecule has 1 amide bonds. The van der Waals surface area contributed by atoms with Gasteiger partial charge >= 0.3 is 5.97 Å². The van der Waals surface area contributed by atoms with Crippen molar-refractivity contribution in [2.45, 2.75) is 6.92 Å². The lowest BCUT2D eigenvalue weighted by molar-refractivity contribution is -0.112. The number of Topliss-reactive ketones (excluding diaryl/α,β-unsaturated/α-hetero) is 1. The van der Waals surface area contributed by atoms with E-state index >= 15 is 0 Å². The summed E-state index contributed by atoms with van der Waals surface area (Å²) in [6.07, 6.45) is 3.36. The number of ketones is 1. The molecule has 0 aliphatic heterocycles. The van der Waals surface area contributed by atoms with E-state index in [-0.39, 0.29) is 16.8 Å². The standard InChI is InChI=1S/C32H26N4O5/c1-20-26-28(32(39)41-3)27(29(37)31(38)33-22-15-17-24(40-2)18-16-22)25(19-14-21-10-6-4-7-11-21)34-30(26)36(35-20)23-12-8-5-9-13-23/h4-19H,1-3H3,(H,33,38)/b19-14-. The number of carbonyl (C=O) groups excluding carboxylic acids is 3. The Morgan fingerprint density at radius 2 is 1.49 bits per heavy atom. The Labute approximate surface area is 236 Å². The van der Waals surface area contributed by atoms with Crippen molar-refractivity contribution in [1.82, 2.24) is 14.8 Å². The number of nitrogens with one attached hydrogen (secondary N) is 1. The Morgan fingerprint density at radius 3 is 2.12 bits per heavy atom. The topological polar surface area (TPSA) is 112 Å². The third-order valence-corrected chi connectivity index (χ3v) is 6.42. The second-order valence-corrected chi connectivity index (χ2v) is 9.03. The highest BCUT2D eigenvalue weighted by Gasteiger charge is 2.32. The van der Waals surface area contributed by atoms with Crippen LogP contribution in [-0.4, -0.2) is 46.6 Å². The smallest absolute Gasteiger partial charge is 0.339 e. The number of aryl methyl sites for hydroxylation is 1. The van der Waals surface area contributed by atoms with Crippen LogP contribution in [0.25, 0.3) is 28.9 Å². The monoisotopic (exact) mass is 546 g/mol. The van der Waals surface area contributed by atoms with Gasteiger partial charge in [-0.3, -0.25) is 9.59 Å². The molecular weight excluding hydrogens is 520 g/mol. The Morgan fingerprint density at radius 1 is 0.829 bits per heavy atom. The lowest BCUT2D eigenvalue weighted by atomic mass is 9.96. The minimum atomic E-state index is -0.949. The van der Waals surface area contributed by atoms with Crippen molar-refractivity contribution < 1.29 is 23.9 Å². The average molecular weight is 547 g/mol. The molecule has 0 saturated heterocycles. The molecule has 0 spiro atoms. The number of aromatic nitrogens is 3. The fraction of sp³-hybridized carbons (Fsp3) is 0.0938. The maximum Gasteiger partial charge on any atom is 0.339 e. The number of hydrogen-bond donors (Lipinski definition) is 1. The van der Waals surface area contributed by atoms with Crippen LogP contribution in [0.15, 0.2) is 84.9 Å². The van der Waals surface area contributed by atoms with Crippen LogP contribution in [0.3, 0.4) is 0 Å². The molecule has 0 radical (unpaired) electrons. The number of rotatable bonds is 8. The van der Waals surface area contributed by atoms with Crippen LogP contribution in [0.4, 0.5) is 5.69 Å². The van der Waals surface area contributed by atoms with E-state index in [4.69, 9.17) is 14.5 Å². The number of para-hydroxylation sites is 1. The summed E-state index contributed by atoms with van der Waals surface area (Å²) >= 11 is 0. The molecule has 0 aliphatic rings. The van der Waals surface area contributed by atoms with Gasteiger partial charge in [0.2, 0.25) is 0 Å². The number of anilines is 1. The summed E-state index contributed by atoms with van der Waals surface area (Å²) in [7, 11) is 2.75. The highest BCUT2D eigenvalue weighted by atomic mass is 16.5. The summed E-state index contributed by atoms with van der Waals surface area (Å²) in [5.74, 6) is -2.08. The molecule has 2 aromatic heterocycles. The molecule has 0 aliphatic carbocycles. The molecule has 2 heterocycles.